The third-order valence-corrected chi connectivity index (χ3v) is 3.06. The molecule has 0 spiro atoms. The third kappa shape index (κ3) is 2.41. The highest BCUT2D eigenvalue weighted by Gasteiger charge is 2.31. The Morgan fingerprint density at radius 3 is 2.94 bits per heavy atom. The van der Waals surface area contributed by atoms with E-state index in [1.54, 1.807) is 7.05 Å². The molecule has 3 N–H and O–H groups in total. The molecule has 1 saturated carbocycles. The van der Waals surface area contributed by atoms with Crippen molar-refractivity contribution in [2.75, 3.05) is 12.3 Å². The number of nitrogens with two attached hydrogens (primary N) is 1. The van der Waals surface area contributed by atoms with Gasteiger partial charge in [-0.25, -0.2) is 0 Å². The van der Waals surface area contributed by atoms with Gasteiger partial charge in [-0.2, -0.15) is 5.10 Å². The Morgan fingerprint density at radius 1 is 1.71 bits per heavy atom. The van der Waals surface area contributed by atoms with Crippen LogP contribution in [-0.2, 0) is 11.8 Å². The zero-order valence-corrected chi connectivity index (χ0v) is 10.1. The van der Waals surface area contributed by atoms with Gasteiger partial charge in [0.1, 0.15) is 11.4 Å². The first kappa shape index (κ1) is 11.9. The van der Waals surface area contributed by atoms with Crippen molar-refractivity contribution in [3.05, 3.63) is 11.8 Å². The maximum atomic E-state index is 11.9. The molecule has 1 heterocycles. The lowest BCUT2D eigenvalue weighted by Crippen LogP contribution is -2.47. The van der Waals surface area contributed by atoms with Crippen LogP contribution in [0.2, 0.25) is 0 Å². The summed E-state index contributed by atoms with van der Waals surface area (Å²) in [5, 5.41) is 6.86. The number of aromatic nitrogens is 2. The van der Waals surface area contributed by atoms with Gasteiger partial charge >= 0.3 is 0 Å². The fourth-order valence-electron chi connectivity index (χ4n) is 1.94. The predicted molar refractivity (Wildman–Crippen MR) is 63.5 cm³/mol. The molecule has 6 nitrogen and oxygen atoms in total. The molecule has 0 saturated heterocycles. The number of nitrogens with one attached hydrogen (secondary N) is 1. The van der Waals surface area contributed by atoms with Gasteiger partial charge in [0.15, 0.2) is 0 Å². The number of amides is 1. The molecule has 0 aliphatic heterocycles. The largest absolute Gasteiger partial charge is 0.383 e. The van der Waals surface area contributed by atoms with Crippen LogP contribution < -0.4 is 11.1 Å². The van der Waals surface area contributed by atoms with Crippen molar-refractivity contribution < 1.29 is 9.53 Å². The predicted octanol–water partition coefficient (Wildman–Crippen LogP) is 0.300. The molecular formula is C11H18N4O2. The van der Waals surface area contributed by atoms with Crippen LogP contribution in [0.4, 0.5) is 5.82 Å². The van der Waals surface area contributed by atoms with E-state index in [2.05, 4.69) is 10.4 Å². The van der Waals surface area contributed by atoms with Crippen LogP contribution in [-0.4, -0.2) is 34.4 Å². The number of carbonyl (C=O) groups is 1. The lowest BCUT2D eigenvalue weighted by atomic mass is 9.89. The molecule has 0 aromatic carbocycles. The van der Waals surface area contributed by atoms with Gasteiger partial charge in [-0.15, -0.1) is 0 Å². The Labute approximate surface area is 100 Å². The second kappa shape index (κ2) is 4.75. The average molecular weight is 238 g/mol. The Bertz CT molecular complexity index is 410. The van der Waals surface area contributed by atoms with Gasteiger partial charge in [0.2, 0.25) is 0 Å². The van der Waals surface area contributed by atoms with Crippen LogP contribution in [0.5, 0.6) is 0 Å². The maximum absolute atomic E-state index is 11.9. The quantitative estimate of drug-likeness (QED) is 0.790. The van der Waals surface area contributed by atoms with Crippen molar-refractivity contribution >= 4 is 11.7 Å². The third-order valence-electron chi connectivity index (χ3n) is 3.06. The molecule has 6 heteroatoms. The highest BCUT2D eigenvalue weighted by atomic mass is 16.5. The Kier molecular flexibility index (Phi) is 3.33. The van der Waals surface area contributed by atoms with Crippen LogP contribution in [0.3, 0.4) is 0 Å². The fourth-order valence-corrected chi connectivity index (χ4v) is 1.94. The fraction of sp³-hybridized carbons (Fsp3) is 0.636. The molecule has 1 aromatic rings. The summed E-state index contributed by atoms with van der Waals surface area (Å²) in [6.07, 6.45) is 3.53. The minimum absolute atomic E-state index is 0.157. The molecule has 0 bridgehead atoms. The zero-order valence-electron chi connectivity index (χ0n) is 10.1. The normalized spacial score (nSPS) is 23.2. The highest BCUT2D eigenvalue weighted by molar-refractivity contribution is 5.98. The molecule has 1 aromatic heterocycles. The molecule has 1 aliphatic rings. The second-order valence-corrected chi connectivity index (χ2v) is 4.29. The van der Waals surface area contributed by atoms with E-state index in [1.807, 2.05) is 6.92 Å². The van der Waals surface area contributed by atoms with Gasteiger partial charge in [0.25, 0.3) is 5.91 Å². The number of anilines is 1. The number of nitrogen functional groups attached to an aromatic ring is 1. The Morgan fingerprint density at radius 2 is 2.41 bits per heavy atom. The number of aryl methyl sites for hydroxylation is 1. The summed E-state index contributed by atoms with van der Waals surface area (Å²) in [6.45, 7) is 2.70. The van der Waals surface area contributed by atoms with Crippen molar-refractivity contribution in [1.82, 2.24) is 15.1 Å². The van der Waals surface area contributed by atoms with Crippen LogP contribution >= 0.6 is 0 Å². The summed E-state index contributed by atoms with van der Waals surface area (Å²) in [6, 6.07) is 0.193. The smallest absolute Gasteiger partial charge is 0.256 e. The van der Waals surface area contributed by atoms with Crippen molar-refractivity contribution in [1.29, 1.82) is 0 Å². The van der Waals surface area contributed by atoms with E-state index in [1.165, 1.54) is 10.9 Å². The number of rotatable bonds is 4. The lowest BCUT2D eigenvalue weighted by molar-refractivity contribution is -0.00861. The van der Waals surface area contributed by atoms with E-state index in [0.29, 0.717) is 11.4 Å². The van der Waals surface area contributed by atoms with E-state index < -0.39 is 0 Å². The minimum atomic E-state index is -0.157. The van der Waals surface area contributed by atoms with Gasteiger partial charge in [-0.05, 0) is 19.8 Å². The highest BCUT2D eigenvalue weighted by Crippen LogP contribution is 2.23. The SMILES string of the molecule is CCOC1CC(NC(=O)c2cnn(C)c2N)C1. The van der Waals surface area contributed by atoms with E-state index in [4.69, 9.17) is 10.5 Å². The topological polar surface area (TPSA) is 82.2 Å². The molecule has 17 heavy (non-hydrogen) atoms. The van der Waals surface area contributed by atoms with Crippen molar-refractivity contribution in [3.63, 3.8) is 0 Å². The minimum Gasteiger partial charge on any atom is -0.383 e. The number of hydrogen-bond acceptors (Lipinski definition) is 4. The summed E-state index contributed by atoms with van der Waals surface area (Å²) < 4.78 is 6.92. The van der Waals surface area contributed by atoms with Crippen molar-refractivity contribution in [3.8, 4) is 0 Å². The molecule has 2 rings (SSSR count). The Hall–Kier alpha value is -1.56. The summed E-state index contributed by atoms with van der Waals surface area (Å²) in [5.74, 6) is 0.235. The van der Waals surface area contributed by atoms with Crippen molar-refractivity contribution in [2.24, 2.45) is 7.05 Å². The first-order chi connectivity index (χ1) is 8.11. The summed E-state index contributed by atoms with van der Waals surface area (Å²) in [4.78, 5) is 11.9. The van der Waals surface area contributed by atoms with Gasteiger partial charge in [-0.1, -0.05) is 0 Å². The summed E-state index contributed by atoms with van der Waals surface area (Å²) in [5.41, 5.74) is 6.17. The first-order valence-electron chi connectivity index (χ1n) is 5.81. The van der Waals surface area contributed by atoms with Gasteiger partial charge < -0.3 is 15.8 Å². The molecule has 0 atom stereocenters. The van der Waals surface area contributed by atoms with E-state index in [9.17, 15) is 4.79 Å². The number of carbonyl (C=O) groups excluding carboxylic acids is 1. The monoisotopic (exact) mass is 238 g/mol. The summed E-state index contributed by atoms with van der Waals surface area (Å²) in [7, 11) is 1.71. The number of ether oxygens (including phenoxy) is 1. The molecule has 0 unspecified atom stereocenters. The van der Waals surface area contributed by atoms with E-state index >= 15 is 0 Å². The molecule has 1 amide bonds. The van der Waals surface area contributed by atoms with Crippen LogP contribution in [0, 0.1) is 0 Å². The summed E-state index contributed by atoms with van der Waals surface area (Å²) >= 11 is 0. The molecule has 1 fully saturated rings. The van der Waals surface area contributed by atoms with E-state index in [-0.39, 0.29) is 18.1 Å². The van der Waals surface area contributed by atoms with Gasteiger partial charge in [0, 0.05) is 19.7 Å². The Balaban J connectivity index is 1.85. The van der Waals surface area contributed by atoms with Crippen LogP contribution in [0.25, 0.3) is 0 Å². The maximum Gasteiger partial charge on any atom is 0.256 e. The first-order valence-corrected chi connectivity index (χ1v) is 5.81. The second-order valence-electron chi connectivity index (χ2n) is 4.29. The molecule has 1 aliphatic carbocycles. The average Bonchev–Trinajstić information content (AvgIpc) is 2.57. The zero-order chi connectivity index (χ0) is 12.4. The molecule has 94 valence electrons. The van der Waals surface area contributed by atoms with Crippen LogP contribution in [0.1, 0.15) is 30.1 Å². The molecular weight excluding hydrogens is 220 g/mol. The number of hydrogen-bond donors (Lipinski definition) is 2. The van der Waals surface area contributed by atoms with Crippen LogP contribution in [0.15, 0.2) is 6.20 Å². The van der Waals surface area contributed by atoms with Gasteiger partial charge in [-0.3, -0.25) is 9.48 Å². The lowest BCUT2D eigenvalue weighted by Gasteiger charge is -2.35. The van der Waals surface area contributed by atoms with Gasteiger partial charge in [0.05, 0.1) is 12.3 Å². The number of nitrogens with zero attached hydrogens (tertiary/aromatic N) is 2. The standard InChI is InChI=1S/C11H18N4O2/c1-3-17-8-4-7(5-8)14-11(16)9-6-13-15(2)10(9)12/h6-8H,3-5,12H2,1-2H3,(H,14,16). The van der Waals surface area contributed by atoms with E-state index in [0.717, 1.165) is 19.4 Å². The molecule has 0 radical (unpaired) electrons. The van der Waals surface area contributed by atoms with Crippen molar-refractivity contribution in [2.45, 2.75) is 31.9 Å².